The molecule has 1 saturated heterocycles. The molecule has 0 aliphatic carbocycles. The SMILES string of the molecule is CC(CC(C)(C)c1ccccc1)NCC1(C)CCCS1. The number of nitrogens with one attached hydrogen (secondary N) is 1. The van der Waals surface area contributed by atoms with Crippen molar-refractivity contribution in [3.63, 3.8) is 0 Å². The van der Waals surface area contributed by atoms with E-state index in [4.69, 9.17) is 0 Å². The maximum atomic E-state index is 3.77. The van der Waals surface area contributed by atoms with Crippen molar-refractivity contribution in [3.8, 4) is 0 Å². The molecule has 1 N–H and O–H groups in total. The first-order valence-electron chi connectivity index (χ1n) is 7.84. The summed E-state index contributed by atoms with van der Waals surface area (Å²) in [5, 5.41) is 3.77. The van der Waals surface area contributed by atoms with E-state index in [0.29, 0.717) is 10.8 Å². The van der Waals surface area contributed by atoms with Crippen LogP contribution in [0.2, 0.25) is 0 Å². The van der Waals surface area contributed by atoms with Gasteiger partial charge in [-0.15, -0.1) is 0 Å². The summed E-state index contributed by atoms with van der Waals surface area (Å²) in [6.45, 7) is 10.6. The van der Waals surface area contributed by atoms with Gasteiger partial charge in [0, 0.05) is 17.3 Å². The molecule has 0 aromatic heterocycles. The molecular weight excluding hydrogens is 262 g/mol. The van der Waals surface area contributed by atoms with E-state index in [1.165, 1.54) is 30.6 Å². The minimum atomic E-state index is 0.234. The molecule has 0 radical (unpaired) electrons. The van der Waals surface area contributed by atoms with Crippen LogP contribution in [0.15, 0.2) is 30.3 Å². The number of thioether (sulfide) groups is 1. The molecule has 2 unspecified atom stereocenters. The first kappa shape index (κ1) is 15.9. The van der Waals surface area contributed by atoms with E-state index < -0.39 is 0 Å². The molecule has 1 fully saturated rings. The molecule has 2 atom stereocenters. The molecule has 1 aliphatic rings. The van der Waals surface area contributed by atoms with Gasteiger partial charge in [0.05, 0.1) is 0 Å². The fourth-order valence-corrected chi connectivity index (χ4v) is 4.47. The van der Waals surface area contributed by atoms with Gasteiger partial charge in [0.2, 0.25) is 0 Å². The quantitative estimate of drug-likeness (QED) is 0.821. The van der Waals surface area contributed by atoms with Crippen LogP contribution in [0.5, 0.6) is 0 Å². The van der Waals surface area contributed by atoms with Crippen molar-refractivity contribution >= 4 is 11.8 Å². The summed E-state index contributed by atoms with van der Waals surface area (Å²) in [5.74, 6) is 1.34. The Hall–Kier alpha value is -0.470. The topological polar surface area (TPSA) is 12.0 Å². The van der Waals surface area contributed by atoms with Crippen molar-refractivity contribution in [1.82, 2.24) is 5.32 Å². The number of hydrogen-bond donors (Lipinski definition) is 1. The zero-order chi connectivity index (χ0) is 14.6. The van der Waals surface area contributed by atoms with Crippen LogP contribution in [0.25, 0.3) is 0 Å². The first-order valence-corrected chi connectivity index (χ1v) is 8.83. The number of hydrogen-bond acceptors (Lipinski definition) is 2. The molecule has 112 valence electrons. The minimum Gasteiger partial charge on any atom is -0.313 e. The molecule has 2 rings (SSSR count). The van der Waals surface area contributed by atoms with Gasteiger partial charge in [-0.2, -0.15) is 11.8 Å². The molecule has 0 spiro atoms. The lowest BCUT2D eigenvalue weighted by atomic mass is 9.79. The van der Waals surface area contributed by atoms with E-state index in [1.54, 1.807) is 0 Å². The monoisotopic (exact) mass is 291 g/mol. The lowest BCUT2D eigenvalue weighted by Gasteiger charge is -2.31. The molecular formula is C18H29NS. The second-order valence-electron chi connectivity index (χ2n) is 7.14. The van der Waals surface area contributed by atoms with Crippen molar-refractivity contribution in [2.45, 2.75) is 63.2 Å². The fourth-order valence-electron chi connectivity index (χ4n) is 3.21. The number of rotatable bonds is 6. The van der Waals surface area contributed by atoms with Crippen LogP contribution in [-0.2, 0) is 5.41 Å². The average molecular weight is 292 g/mol. The summed E-state index contributed by atoms with van der Waals surface area (Å²) in [4.78, 5) is 0. The molecule has 1 aliphatic heterocycles. The second-order valence-corrected chi connectivity index (χ2v) is 8.82. The van der Waals surface area contributed by atoms with Crippen molar-refractivity contribution in [3.05, 3.63) is 35.9 Å². The maximum Gasteiger partial charge on any atom is 0.0256 e. The summed E-state index contributed by atoms with van der Waals surface area (Å²) < 4.78 is 0.463. The van der Waals surface area contributed by atoms with E-state index in [0.717, 1.165) is 6.54 Å². The Morgan fingerprint density at radius 1 is 1.30 bits per heavy atom. The van der Waals surface area contributed by atoms with E-state index in [2.05, 4.69) is 75.1 Å². The molecule has 0 amide bonds. The highest BCUT2D eigenvalue weighted by molar-refractivity contribution is 8.00. The molecule has 0 bridgehead atoms. The minimum absolute atomic E-state index is 0.234. The van der Waals surface area contributed by atoms with Crippen LogP contribution in [0, 0.1) is 0 Å². The molecule has 1 heterocycles. The Bertz CT molecular complexity index is 407. The van der Waals surface area contributed by atoms with Gasteiger partial charge in [-0.3, -0.25) is 0 Å². The van der Waals surface area contributed by atoms with Gasteiger partial charge in [0.25, 0.3) is 0 Å². The normalized spacial score (nSPS) is 24.8. The van der Waals surface area contributed by atoms with Crippen LogP contribution in [0.3, 0.4) is 0 Å². The summed E-state index contributed by atoms with van der Waals surface area (Å²) in [6.07, 6.45) is 3.92. The Morgan fingerprint density at radius 2 is 2.00 bits per heavy atom. The van der Waals surface area contributed by atoms with Crippen molar-refractivity contribution in [2.24, 2.45) is 0 Å². The highest BCUT2D eigenvalue weighted by Gasteiger charge is 2.30. The van der Waals surface area contributed by atoms with Gasteiger partial charge in [0.15, 0.2) is 0 Å². The van der Waals surface area contributed by atoms with E-state index in [9.17, 15) is 0 Å². The third kappa shape index (κ3) is 4.26. The predicted molar refractivity (Wildman–Crippen MR) is 91.6 cm³/mol. The highest BCUT2D eigenvalue weighted by atomic mass is 32.2. The smallest absolute Gasteiger partial charge is 0.0256 e. The molecule has 1 aromatic rings. The summed E-state index contributed by atoms with van der Waals surface area (Å²) >= 11 is 2.14. The second kappa shape index (κ2) is 6.53. The van der Waals surface area contributed by atoms with E-state index in [1.807, 2.05) is 0 Å². The molecule has 1 nitrogen and oxygen atoms in total. The molecule has 2 heteroatoms. The predicted octanol–water partition coefficient (Wildman–Crippen LogP) is 4.62. The average Bonchev–Trinajstić information content (AvgIpc) is 2.85. The first-order chi connectivity index (χ1) is 9.41. The number of benzene rings is 1. The van der Waals surface area contributed by atoms with Gasteiger partial charge in [-0.1, -0.05) is 44.2 Å². The zero-order valence-corrected chi connectivity index (χ0v) is 14.2. The Labute approximate surface area is 128 Å². The fraction of sp³-hybridized carbons (Fsp3) is 0.667. The molecule has 1 aromatic carbocycles. The van der Waals surface area contributed by atoms with Gasteiger partial charge in [-0.05, 0) is 49.8 Å². The van der Waals surface area contributed by atoms with Crippen LogP contribution < -0.4 is 5.32 Å². The van der Waals surface area contributed by atoms with Gasteiger partial charge in [0.1, 0.15) is 0 Å². The third-order valence-corrected chi connectivity index (χ3v) is 6.03. The van der Waals surface area contributed by atoms with Crippen LogP contribution in [-0.4, -0.2) is 23.1 Å². The lowest BCUT2D eigenvalue weighted by molar-refractivity contribution is 0.376. The molecule has 20 heavy (non-hydrogen) atoms. The maximum absolute atomic E-state index is 3.77. The van der Waals surface area contributed by atoms with Gasteiger partial charge < -0.3 is 5.32 Å². The van der Waals surface area contributed by atoms with E-state index >= 15 is 0 Å². The van der Waals surface area contributed by atoms with Gasteiger partial charge in [-0.25, -0.2) is 0 Å². The standard InChI is InChI=1S/C18H29NS/c1-15(19-14-18(4)11-8-12-20-18)13-17(2,3)16-9-6-5-7-10-16/h5-7,9-10,15,19H,8,11-14H2,1-4H3. The van der Waals surface area contributed by atoms with Crippen molar-refractivity contribution in [1.29, 1.82) is 0 Å². The summed E-state index contributed by atoms with van der Waals surface area (Å²) in [5.41, 5.74) is 1.67. The Morgan fingerprint density at radius 3 is 2.60 bits per heavy atom. The van der Waals surface area contributed by atoms with Crippen molar-refractivity contribution < 1.29 is 0 Å². The van der Waals surface area contributed by atoms with Crippen LogP contribution in [0.4, 0.5) is 0 Å². The molecule has 0 saturated carbocycles. The zero-order valence-electron chi connectivity index (χ0n) is 13.4. The highest BCUT2D eigenvalue weighted by Crippen LogP contribution is 2.37. The largest absolute Gasteiger partial charge is 0.313 e. The lowest BCUT2D eigenvalue weighted by Crippen LogP contribution is -2.40. The summed E-state index contributed by atoms with van der Waals surface area (Å²) in [6, 6.07) is 11.4. The Kier molecular flexibility index (Phi) is 5.19. The summed E-state index contributed by atoms with van der Waals surface area (Å²) in [7, 11) is 0. The van der Waals surface area contributed by atoms with Crippen LogP contribution >= 0.6 is 11.8 Å². The third-order valence-electron chi connectivity index (χ3n) is 4.50. The van der Waals surface area contributed by atoms with Crippen molar-refractivity contribution in [2.75, 3.05) is 12.3 Å². The van der Waals surface area contributed by atoms with Gasteiger partial charge >= 0.3 is 0 Å². The Balaban J connectivity index is 1.86. The van der Waals surface area contributed by atoms with Crippen LogP contribution in [0.1, 0.15) is 52.5 Å². The van der Waals surface area contributed by atoms with E-state index in [-0.39, 0.29) is 5.41 Å².